The molecule has 3 aromatic rings. The fraction of sp³-hybridized carbons (Fsp3) is 0.417. The van der Waals surface area contributed by atoms with E-state index in [-0.39, 0.29) is 11.8 Å². The number of aromatic nitrogens is 3. The average molecular weight is 501 g/mol. The van der Waals surface area contributed by atoms with Crippen LogP contribution in [0, 0.1) is 12.8 Å². The molecule has 3 aromatic heterocycles. The first-order chi connectivity index (χ1) is 16.4. The minimum absolute atomic E-state index is 0.235. The van der Waals surface area contributed by atoms with Crippen LogP contribution in [-0.4, -0.2) is 32.6 Å². The molecule has 1 atom stereocenters. The Balaban J connectivity index is 1.39. The van der Waals surface area contributed by atoms with E-state index in [0.717, 1.165) is 29.1 Å². The van der Waals surface area contributed by atoms with Crippen molar-refractivity contribution in [3.8, 4) is 0 Å². The van der Waals surface area contributed by atoms with Crippen molar-refractivity contribution in [3.63, 3.8) is 0 Å². The number of aryl methyl sites for hydroxylation is 2. The van der Waals surface area contributed by atoms with E-state index in [0.29, 0.717) is 34.6 Å². The molecule has 0 radical (unpaired) electrons. The number of thiophene rings is 1. The summed E-state index contributed by atoms with van der Waals surface area (Å²) < 4.78 is 1.63. The summed E-state index contributed by atoms with van der Waals surface area (Å²) in [5.74, 6) is 0.447. The van der Waals surface area contributed by atoms with Gasteiger partial charge in [-0.3, -0.25) is 19.3 Å². The molecule has 2 amide bonds. The van der Waals surface area contributed by atoms with Crippen LogP contribution in [0.15, 0.2) is 36.7 Å². The summed E-state index contributed by atoms with van der Waals surface area (Å²) in [6.45, 7) is 2.46. The normalized spacial score (nSPS) is 14.7. The Morgan fingerprint density at radius 2 is 2.06 bits per heavy atom. The van der Waals surface area contributed by atoms with E-state index in [9.17, 15) is 9.59 Å². The quantitative estimate of drug-likeness (QED) is 0.393. The molecule has 0 spiro atoms. The second kappa shape index (κ2) is 11.0. The highest BCUT2D eigenvalue weighted by molar-refractivity contribution is 7.14. The predicted molar refractivity (Wildman–Crippen MR) is 135 cm³/mol. The van der Waals surface area contributed by atoms with E-state index < -0.39 is 6.04 Å². The summed E-state index contributed by atoms with van der Waals surface area (Å²) in [6.07, 6.45) is 8.55. The third-order valence-corrected chi connectivity index (χ3v) is 7.31. The van der Waals surface area contributed by atoms with Crippen LogP contribution in [0.2, 0.25) is 5.02 Å². The summed E-state index contributed by atoms with van der Waals surface area (Å²) in [5.41, 5.74) is 1.71. The third-order valence-electron chi connectivity index (χ3n) is 6.02. The van der Waals surface area contributed by atoms with Gasteiger partial charge >= 0.3 is 0 Å². The minimum Gasteiger partial charge on any atom is -0.379 e. The molecule has 8 nitrogen and oxygen atoms in total. The molecule has 1 fully saturated rings. The van der Waals surface area contributed by atoms with E-state index in [1.165, 1.54) is 24.2 Å². The molecule has 180 valence electrons. The predicted octanol–water partition coefficient (Wildman–Crippen LogP) is 4.77. The summed E-state index contributed by atoms with van der Waals surface area (Å²) in [5, 5.41) is 13.9. The third kappa shape index (κ3) is 6.36. The van der Waals surface area contributed by atoms with E-state index in [4.69, 9.17) is 11.6 Å². The number of pyridine rings is 1. The van der Waals surface area contributed by atoms with Crippen LogP contribution in [0.1, 0.15) is 52.3 Å². The topological polar surface area (TPSA) is 101 Å². The molecule has 3 heterocycles. The largest absolute Gasteiger partial charge is 0.379 e. The molecule has 4 rings (SSSR count). The molecule has 34 heavy (non-hydrogen) atoms. The first-order valence-electron chi connectivity index (χ1n) is 11.4. The van der Waals surface area contributed by atoms with E-state index >= 15 is 0 Å². The lowest BCUT2D eigenvalue weighted by atomic mass is 9.97. The van der Waals surface area contributed by atoms with Gasteiger partial charge in [0.2, 0.25) is 5.91 Å². The average Bonchev–Trinajstić information content (AvgIpc) is 3.56. The fourth-order valence-electron chi connectivity index (χ4n) is 4.20. The van der Waals surface area contributed by atoms with Crippen LogP contribution in [0.5, 0.6) is 0 Å². The van der Waals surface area contributed by atoms with Gasteiger partial charge in [-0.05, 0) is 37.5 Å². The second-order valence-corrected chi connectivity index (χ2v) is 10.3. The zero-order chi connectivity index (χ0) is 24.1. The van der Waals surface area contributed by atoms with Crippen LogP contribution in [-0.2, 0) is 18.4 Å². The monoisotopic (exact) mass is 500 g/mol. The lowest BCUT2D eigenvalue weighted by Gasteiger charge is -2.20. The van der Waals surface area contributed by atoms with Gasteiger partial charge in [-0.1, -0.05) is 37.3 Å². The number of halogens is 1. The van der Waals surface area contributed by atoms with E-state index in [1.807, 2.05) is 19.1 Å². The molecule has 1 aliphatic carbocycles. The SMILES string of the molecule is Cc1ncc(Cl)cc1NCc1ccc(C(=O)N[C@@H](CC2CCCC2)C(=O)Nc2ccn(C)n2)s1. The van der Waals surface area contributed by atoms with E-state index in [1.54, 1.807) is 36.3 Å². The maximum absolute atomic E-state index is 13.0. The van der Waals surface area contributed by atoms with Crippen molar-refractivity contribution in [1.82, 2.24) is 20.1 Å². The molecule has 1 saturated carbocycles. The molecule has 0 bridgehead atoms. The van der Waals surface area contributed by atoms with Gasteiger partial charge in [0.05, 0.1) is 21.3 Å². The highest BCUT2D eigenvalue weighted by atomic mass is 35.5. The zero-order valence-electron chi connectivity index (χ0n) is 19.3. The Labute approximate surface area is 208 Å². The summed E-state index contributed by atoms with van der Waals surface area (Å²) in [6, 6.07) is 6.67. The Morgan fingerprint density at radius 1 is 1.26 bits per heavy atom. The van der Waals surface area contributed by atoms with Crippen LogP contribution in [0.25, 0.3) is 0 Å². The van der Waals surface area contributed by atoms with Gasteiger partial charge in [0.25, 0.3) is 5.91 Å². The molecule has 0 unspecified atom stereocenters. The maximum atomic E-state index is 13.0. The summed E-state index contributed by atoms with van der Waals surface area (Å²) in [4.78, 5) is 31.8. The van der Waals surface area contributed by atoms with Gasteiger partial charge in [-0.15, -0.1) is 11.3 Å². The maximum Gasteiger partial charge on any atom is 0.262 e. The molecular formula is C24H29ClN6O2S. The Hall–Kier alpha value is -2.91. The number of anilines is 2. The Kier molecular flexibility index (Phi) is 7.84. The number of hydrogen-bond acceptors (Lipinski definition) is 6. The lowest BCUT2D eigenvalue weighted by Crippen LogP contribution is -2.44. The summed E-state index contributed by atoms with van der Waals surface area (Å²) >= 11 is 7.44. The smallest absolute Gasteiger partial charge is 0.262 e. The molecule has 0 saturated heterocycles. The first kappa shape index (κ1) is 24.2. The van der Waals surface area contributed by atoms with Crippen LogP contribution in [0.4, 0.5) is 11.5 Å². The van der Waals surface area contributed by atoms with Crippen LogP contribution >= 0.6 is 22.9 Å². The lowest BCUT2D eigenvalue weighted by molar-refractivity contribution is -0.118. The number of nitrogens with zero attached hydrogens (tertiary/aromatic N) is 3. The zero-order valence-corrected chi connectivity index (χ0v) is 20.9. The molecule has 1 aliphatic rings. The van der Waals surface area contributed by atoms with Crippen LogP contribution in [0.3, 0.4) is 0 Å². The van der Waals surface area contributed by atoms with Gasteiger partial charge in [0, 0.05) is 36.9 Å². The number of amides is 2. The van der Waals surface area contributed by atoms with Gasteiger partial charge < -0.3 is 16.0 Å². The number of rotatable bonds is 9. The molecule has 10 heteroatoms. The number of hydrogen-bond donors (Lipinski definition) is 3. The Morgan fingerprint density at radius 3 is 2.79 bits per heavy atom. The van der Waals surface area contributed by atoms with Gasteiger partial charge in [-0.25, -0.2) is 0 Å². The van der Waals surface area contributed by atoms with Crippen molar-refractivity contribution in [3.05, 3.63) is 57.1 Å². The number of carbonyl (C=O) groups excluding carboxylic acids is 2. The fourth-order valence-corrected chi connectivity index (χ4v) is 5.21. The van der Waals surface area contributed by atoms with Gasteiger partial charge in [0.15, 0.2) is 5.82 Å². The molecular weight excluding hydrogens is 472 g/mol. The number of nitrogens with one attached hydrogen (secondary N) is 3. The van der Waals surface area contributed by atoms with Crippen molar-refractivity contribution in [2.45, 2.75) is 51.6 Å². The highest BCUT2D eigenvalue weighted by Crippen LogP contribution is 2.29. The second-order valence-electron chi connectivity index (χ2n) is 8.68. The molecule has 3 N–H and O–H groups in total. The first-order valence-corrected chi connectivity index (χ1v) is 12.6. The van der Waals surface area contributed by atoms with Gasteiger partial charge in [-0.2, -0.15) is 5.10 Å². The minimum atomic E-state index is -0.610. The van der Waals surface area contributed by atoms with Crippen molar-refractivity contribution in [2.24, 2.45) is 13.0 Å². The van der Waals surface area contributed by atoms with Crippen molar-refractivity contribution < 1.29 is 9.59 Å². The number of carbonyl (C=O) groups is 2. The van der Waals surface area contributed by atoms with Crippen molar-refractivity contribution in [1.29, 1.82) is 0 Å². The molecule has 0 aliphatic heterocycles. The molecule has 0 aromatic carbocycles. The van der Waals surface area contributed by atoms with Crippen LogP contribution < -0.4 is 16.0 Å². The summed E-state index contributed by atoms with van der Waals surface area (Å²) in [7, 11) is 1.79. The Bertz CT molecular complexity index is 1150. The van der Waals surface area contributed by atoms with Crippen molar-refractivity contribution in [2.75, 3.05) is 10.6 Å². The van der Waals surface area contributed by atoms with E-state index in [2.05, 4.69) is 26.0 Å². The standard InChI is InChI=1S/C24H29ClN6O2S/c1-15-19(12-17(25)13-26-15)27-14-18-7-8-21(34-18)24(33)28-20(11-16-5-3-4-6-16)23(32)29-22-9-10-31(2)30-22/h7-10,12-13,16,20,27H,3-6,11,14H2,1-2H3,(H,28,33)(H,29,30,32)/t20-/m0/s1. The van der Waals surface area contributed by atoms with Gasteiger partial charge in [0.1, 0.15) is 6.04 Å². The highest BCUT2D eigenvalue weighted by Gasteiger charge is 2.28. The van der Waals surface area contributed by atoms with Crippen molar-refractivity contribution >= 4 is 46.3 Å².